The fourth-order valence-corrected chi connectivity index (χ4v) is 4.59. The number of halogens is 1. The molecule has 1 amide bonds. The Hall–Kier alpha value is -2.97. The van der Waals surface area contributed by atoms with Gasteiger partial charge in [-0.05, 0) is 29.1 Å². The number of fused-ring (bicyclic) bond motifs is 1. The number of amides is 1. The molecular formula is C21H16FN3O2S2. The Bertz CT molecular complexity index is 1180. The van der Waals surface area contributed by atoms with Gasteiger partial charge in [0, 0.05) is 11.1 Å². The number of carbonyl (C=O) groups excluding carboxylic acids is 1. The lowest BCUT2D eigenvalue weighted by atomic mass is 10.0. The van der Waals surface area contributed by atoms with Crippen LogP contribution in [-0.2, 0) is 5.75 Å². The second-order valence-electron chi connectivity index (χ2n) is 6.11. The van der Waals surface area contributed by atoms with Gasteiger partial charge < -0.3 is 4.74 Å². The highest BCUT2D eigenvalue weighted by Crippen LogP contribution is 2.32. The number of carbonyl (C=O) groups is 1. The van der Waals surface area contributed by atoms with Gasteiger partial charge in [-0.2, -0.15) is 0 Å². The van der Waals surface area contributed by atoms with Crippen molar-refractivity contribution >= 4 is 44.9 Å². The molecule has 0 fully saturated rings. The molecule has 0 spiro atoms. The predicted molar refractivity (Wildman–Crippen MR) is 114 cm³/mol. The van der Waals surface area contributed by atoms with E-state index in [1.165, 1.54) is 35.2 Å². The number of nitrogens with one attached hydrogen (secondary N) is 1. The summed E-state index contributed by atoms with van der Waals surface area (Å²) < 4.78 is 19.5. The van der Waals surface area contributed by atoms with Gasteiger partial charge in [0.25, 0.3) is 5.91 Å². The van der Waals surface area contributed by atoms with Gasteiger partial charge in [-0.3, -0.25) is 10.1 Å². The van der Waals surface area contributed by atoms with Crippen LogP contribution in [0.1, 0.15) is 15.9 Å². The summed E-state index contributed by atoms with van der Waals surface area (Å²) in [6, 6.07) is 17.8. The first-order valence-electron chi connectivity index (χ1n) is 8.72. The number of ether oxygens (including phenoxy) is 1. The van der Waals surface area contributed by atoms with Gasteiger partial charge >= 0.3 is 0 Å². The highest BCUT2D eigenvalue weighted by molar-refractivity contribution is 8.00. The van der Waals surface area contributed by atoms with Crippen LogP contribution in [0.25, 0.3) is 10.8 Å². The van der Waals surface area contributed by atoms with Gasteiger partial charge in [-0.15, -0.1) is 10.2 Å². The van der Waals surface area contributed by atoms with Crippen molar-refractivity contribution in [1.82, 2.24) is 10.2 Å². The highest BCUT2D eigenvalue weighted by atomic mass is 32.2. The van der Waals surface area contributed by atoms with Gasteiger partial charge in [0.15, 0.2) is 4.34 Å². The zero-order chi connectivity index (χ0) is 20.2. The molecule has 4 aromatic rings. The lowest BCUT2D eigenvalue weighted by molar-refractivity contribution is 0.102. The average molecular weight is 426 g/mol. The Balaban J connectivity index is 1.47. The summed E-state index contributed by atoms with van der Waals surface area (Å²) in [5, 5.41) is 13.1. The van der Waals surface area contributed by atoms with Crippen molar-refractivity contribution in [2.45, 2.75) is 10.1 Å². The molecule has 1 heterocycles. The highest BCUT2D eigenvalue weighted by Gasteiger charge is 2.17. The van der Waals surface area contributed by atoms with Gasteiger partial charge in [-0.25, -0.2) is 4.39 Å². The van der Waals surface area contributed by atoms with Crippen molar-refractivity contribution in [2.75, 3.05) is 12.4 Å². The summed E-state index contributed by atoms with van der Waals surface area (Å²) in [7, 11) is 1.55. The molecule has 146 valence electrons. The van der Waals surface area contributed by atoms with Crippen molar-refractivity contribution in [3.05, 3.63) is 77.6 Å². The van der Waals surface area contributed by atoms with E-state index in [2.05, 4.69) is 15.5 Å². The largest absolute Gasteiger partial charge is 0.495 e. The first-order chi connectivity index (χ1) is 14.1. The third kappa shape index (κ3) is 4.38. The van der Waals surface area contributed by atoms with E-state index in [4.69, 9.17) is 4.74 Å². The van der Waals surface area contributed by atoms with Crippen LogP contribution in [0.4, 0.5) is 9.52 Å². The van der Waals surface area contributed by atoms with Crippen molar-refractivity contribution in [2.24, 2.45) is 0 Å². The van der Waals surface area contributed by atoms with Gasteiger partial charge in [0.05, 0.1) is 12.7 Å². The number of benzene rings is 3. The molecular weight excluding hydrogens is 409 g/mol. The van der Waals surface area contributed by atoms with Crippen molar-refractivity contribution < 1.29 is 13.9 Å². The standard InChI is InChI=1S/C21H16FN3O2S2/c1-27-18-16-8-3-2-6-14(16)9-10-17(18)19(26)23-20-24-25-21(29-20)28-12-13-5-4-7-15(22)11-13/h2-11H,12H2,1H3,(H,23,24,26). The lowest BCUT2D eigenvalue weighted by Crippen LogP contribution is -2.13. The van der Waals surface area contributed by atoms with Crippen LogP contribution in [0.15, 0.2) is 65.0 Å². The Kier molecular flexibility index (Phi) is 5.73. The molecule has 0 saturated heterocycles. The molecule has 0 bridgehead atoms. The molecule has 0 aliphatic heterocycles. The maximum atomic E-state index is 13.3. The normalized spacial score (nSPS) is 10.8. The smallest absolute Gasteiger partial charge is 0.261 e. The van der Waals surface area contributed by atoms with E-state index in [1.807, 2.05) is 36.4 Å². The van der Waals surface area contributed by atoms with E-state index >= 15 is 0 Å². The monoisotopic (exact) mass is 425 g/mol. The SMILES string of the molecule is COc1c(C(=O)Nc2nnc(SCc3cccc(F)c3)s2)ccc2ccccc12. The van der Waals surface area contributed by atoms with Crippen molar-refractivity contribution in [1.29, 1.82) is 0 Å². The number of hydrogen-bond acceptors (Lipinski definition) is 6. The summed E-state index contributed by atoms with van der Waals surface area (Å²) in [5.74, 6) is 0.507. The van der Waals surface area contributed by atoms with Crippen molar-refractivity contribution in [3.8, 4) is 5.75 Å². The summed E-state index contributed by atoms with van der Waals surface area (Å²) in [4.78, 5) is 12.8. The summed E-state index contributed by atoms with van der Waals surface area (Å²) >= 11 is 2.71. The number of anilines is 1. The maximum absolute atomic E-state index is 13.3. The second-order valence-corrected chi connectivity index (χ2v) is 8.31. The predicted octanol–water partition coefficient (Wildman–Crippen LogP) is 5.38. The van der Waals surface area contributed by atoms with Crippen LogP contribution in [0.3, 0.4) is 0 Å². The maximum Gasteiger partial charge on any atom is 0.261 e. The van der Waals surface area contributed by atoms with Gasteiger partial charge in [0.2, 0.25) is 5.13 Å². The third-order valence-corrected chi connectivity index (χ3v) is 6.25. The van der Waals surface area contributed by atoms with Gasteiger partial charge in [-0.1, -0.05) is 65.6 Å². The first-order valence-corrected chi connectivity index (χ1v) is 10.5. The molecule has 3 aromatic carbocycles. The summed E-state index contributed by atoms with van der Waals surface area (Å²) in [6.45, 7) is 0. The fourth-order valence-electron chi connectivity index (χ4n) is 2.90. The number of rotatable bonds is 6. The van der Waals surface area contributed by atoms with E-state index in [0.29, 0.717) is 26.5 Å². The molecule has 0 saturated carbocycles. The van der Waals surface area contributed by atoms with E-state index in [9.17, 15) is 9.18 Å². The molecule has 29 heavy (non-hydrogen) atoms. The van der Waals surface area contributed by atoms with E-state index < -0.39 is 0 Å². The van der Waals surface area contributed by atoms with Crippen LogP contribution in [0.5, 0.6) is 5.75 Å². The second kappa shape index (κ2) is 8.59. The van der Waals surface area contributed by atoms with E-state index in [0.717, 1.165) is 16.3 Å². The van der Waals surface area contributed by atoms with Gasteiger partial charge in [0.1, 0.15) is 11.6 Å². The van der Waals surface area contributed by atoms with Crippen LogP contribution >= 0.6 is 23.1 Å². The first kappa shape index (κ1) is 19.4. The molecule has 0 unspecified atom stereocenters. The number of methoxy groups -OCH3 is 1. The minimum absolute atomic E-state index is 0.266. The van der Waals surface area contributed by atoms with Crippen LogP contribution in [0.2, 0.25) is 0 Å². The molecule has 8 heteroatoms. The van der Waals surface area contributed by atoms with E-state index in [-0.39, 0.29) is 11.7 Å². The molecule has 0 aliphatic carbocycles. The fraction of sp³-hybridized carbons (Fsp3) is 0.0952. The van der Waals surface area contributed by atoms with Crippen LogP contribution in [0, 0.1) is 5.82 Å². The lowest BCUT2D eigenvalue weighted by Gasteiger charge is -2.11. The molecule has 0 atom stereocenters. The quantitative estimate of drug-likeness (QED) is 0.332. The topological polar surface area (TPSA) is 64.1 Å². The number of aromatic nitrogens is 2. The molecule has 1 N–H and O–H groups in total. The number of thioether (sulfide) groups is 1. The molecule has 4 rings (SSSR count). The van der Waals surface area contributed by atoms with Crippen LogP contribution < -0.4 is 10.1 Å². The van der Waals surface area contributed by atoms with Crippen molar-refractivity contribution in [3.63, 3.8) is 0 Å². The Morgan fingerprint density at radius 1 is 1.14 bits per heavy atom. The van der Waals surface area contributed by atoms with Crippen LogP contribution in [-0.4, -0.2) is 23.2 Å². The molecule has 0 radical (unpaired) electrons. The Morgan fingerprint density at radius 2 is 2.00 bits per heavy atom. The minimum atomic E-state index is -0.314. The van der Waals surface area contributed by atoms with E-state index in [1.54, 1.807) is 19.2 Å². The Morgan fingerprint density at radius 3 is 2.83 bits per heavy atom. The summed E-state index contributed by atoms with van der Waals surface area (Å²) in [6.07, 6.45) is 0. The molecule has 1 aromatic heterocycles. The number of nitrogens with zero attached hydrogens (tertiary/aromatic N) is 2. The number of hydrogen-bond donors (Lipinski definition) is 1. The zero-order valence-electron chi connectivity index (χ0n) is 15.4. The zero-order valence-corrected chi connectivity index (χ0v) is 17.0. The third-order valence-electron chi connectivity index (χ3n) is 4.21. The molecule has 0 aliphatic rings. The minimum Gasteiger partial charge on any atom is -0.495 e. The Labute approximate surface area is 174 Å². The average Bonchev–Trinajstić information content (AvgIpc) is 3.18. The summed E-state index contributed by atoms with van der Waals surface area (Å²) in [5.41, 5.74) is 1.28. The molecule has 5 nitrogen and oxygen atoms in total.